The highest BCUT2D eigenvalue weighted by atomic mass is 16.5. The molecule has 0 heterocycles. The highest BCUT2D eigenvalue weighted by Crippen LogP contribution is 2.35. The molecule has 0 saturated carbocycles. The number of carbonyl (C=O) groups excluding carboxylic acids is 1. The average molecular weight is 529 g/mol. The van der Waals surface area contributed by atoms with Gasteiger partial charge in [-0.2, -0.15) is 0 Å². The number of amides is 2. The van der Waals surface area contributed by atoms with Gasteiger partial charge in [-0.05, 0) is 74.8 Å². The van der Waals surface area contributed by atoms with Crippen molar-refractivity contribution in [2.45, 2.75) is 71.8 Å². The summed E-state index contributed by atoms with van der Waals surface area (Å²) >= 11 is 0. The van der Waals surface area contributed by atoms with Crippen LogP contribution in [0.1, 0.15) is 76.3 Å². The molecule has 0 saturated heterocycles. The number of urea groups is 1. The first kappa shape index (κ1) is 30.8. The van der Waals surface area contributed by atoms with Crippen molar-refractivity contribution in [1.29, 1.82) is 0 Å². The van der Waals surface area contributed by atoms with Gasteiger partial charge in [0.15, 0.2) is 0 Å². The maximum atomic E-state index is 12.3. The third kappa shape index (κ3) is 9.47. The summed E-state index contributed by atoms with van der Waals surface area (Å²) in [6.45, 7) is 6.97. The number of ether oxygens (including phenoxy) is 3. The first-order valence-corrected chi connectivity index (χ1v) is 13.3. The van der Waals surface area contributed by atoms with Gasteiger partial charge in [-0.25, -0.2) is 4.79 Å². The van der Waals surface area contributed by atoms with Gasteiger partial charge in [-0.3, -0.25) is 4.79 Å². The van der Waals surface area contributed by atoms with Crippen molar-refractivity contribution in [2.24, 2.45) is 11.1 Å². The summed E-state index contributed by atoms with van der Waals surface area (Å²) in [5.41, 5.74) is 7.05. The molecule has 1 unspecified atom stereocenters. The number of hydrogen-bond acceptors (Lipinski definition) is 5. The van der Waals surface area contributed by atoms with Gasteiger partial charge in [0.1, 0.15) is 17.2 Å². The zero-order valence-electron chi connectivity index (χ0n) is 23.5. The summed E-state index contributed by atoms with van der Waals surface area (Å²) in [6, 6.07) is 13.0. The van der Waals surface area contributed by atoms with Gasteiger partial charge in [-0.1, -0.05) is 38.0 Å². The lowest BCUT2D eigenvalue weighted by atomic mass is 9.88. The number of rotatable bonds is 17. The average Bonchev–Trinajstić information content (AvgIpc) is 2.90. The van der Waals surface area contributed by atoms with Gasteiger partial charge in [0.25, 0.3) is 0 Å². The Kier molecular flexibility index (Phi) is 12.2. The summed E-state index contributed by atoms with van der Waals surface area (Å²) in [5.74, 6) is 1.66. The summed E-state index contributed by atoms with van der Waals surface area (Å²) in [4.78, 5) is 25.2. The van der Waals surface area contributed by atoms with Crippen molar-refractivity contribution in [2.75, 3.05) is 27.4 Å². The number of methoxy groups -OCH3 is 2. The smallest absolute Gasteiger partial charge is 0.315 e. The normalized spacial score (nSPS) is 12.0. The molecule has 0 spiro atoms. The van der Waals surface area contributed by atoms with Crippen molar-refractivity contribution < 1.29 is 28.9 Å². The Balaban J connectivity index is 1.99. The lowest BCUT2D eigenvalue weighted by molar-refractivity contribution is -0.147. The lowest BCUT2D eigenvalue weighted by Crippen LogP contribution is -2.36. The molecular weight excluding hydrogens is 484 g/mol. The van der Waals surface area contributed by atoms with Crippen LogP contribution in [-0.2, 0) is 11.3 Å². The van der Waals surface area contributed by atoms with E-state index in [1.54, 1.807) is 33.0 Å². The molecule has 0 aromatic heterocycles. The van der Waals surface area contributed by atoms with E-state index in [2.05, 4.69) is 6.92 Å². The van der Waals surface area contributed by atoms with Gasteiger partial charge in [0.2, 0.25) is 0 Å². The highest BCUT2D eigenvalue weighted by Gasteiger charge is 2.26. The molecule has 2 rings (SSSR count). The topological polar surface area (TPSA) is 111 Å². The van der Waals surface area contributed by atoms with Crippen molar-refractivity contribution in [3.63, 3.8) is 0 Å². The standard InChI is InChI=1S/C30H44N2O6/c1-6-7-9-23(26-15-14-25(36-4)20-27(26)37-5)16-18-32(29(31)35)21-22-10-12-24(13-11-22)38-19-8-17-30(2,3)28(33)34/h10-15,20,23H,6-9,16-19,21H2,1-5H3,(H2,31,35)(H,33,34). The minimum Gasteiger partial charge on any atom is -0.497 e. The van der Waals surface area contributed by atoms with Crippen LogP contribution in [0.5, 0.6) is 17.2 Å². The van der Waals surface area contributed by atoms with Crippen LogP contribution >= 0.6 is 0 Å². The second kappa shape index (κ2) is 15.1. The number of nitrogens with zero attached hydrogens (tertiary/aromatic N) is 1. The van der Waals surface area contributed by atoms with Gasteiger partial charge >= 0.3 is 12.0 Å². The van der Waals surface area contributed by atoms with Gasteiger partial charge in [-0.15, -0.1) is 0 Å². The molecule has 2 aromatic rings. The van der Waals surface area contributed by atoms with E-state index in [1.165, 1.54) is 0 Å². The lowest BCUT2D eigenvalue weighted by Gasteiger charge is -2.25. The van der Waals surface area contributed by atoms with E-state index < -0.39 is 17.4 Å². The number of carbonyl (C=O) groups is 2. The Morgan fingerprint density at radius 3 is 2.26 bits per heavy atom. The van der Waals surface area contributed by atoms with Crippen LogP contribution < -0.4 is 19.9 Å². The van der Waals surface area contributed by atoms with Crippen LogP contribution in [0.4, 0.5) is 4.79 Å². The molecule has 2 amide bonds. The van der Waals surface area contributed by atoms with Gasteiger partial charge < -0.3 is 30.0 Å². The maximum absolute atomic E-state index is 12.3. The molecule has 3 N–H and O–H groups in total. The van der Waals surface area contributed by atoms with Crippen molar-refractivity contribution >= 4 is 12.0 Å². The second-order valence-corrected chi connectivity index (χ2v) is 10.3. The minimum absolute atomic E-state index is 0.222. The van der Waals surface area contributed by atoms with Crippen LogP contribution in [0.2, 0.25) is 0 Å². The summed E-state index contributed by atoms with van der Waals surface area (Å²) < 4.78 is 16.8. The molecular formula is C30H44N2O6. The molecule has 38 heavy (non-hydrogen) atoms. The first-order chi connectivity index (χ1) is 18.1. The van der Waals surface area contributed by atoms with Crippen LogP contribution in [-0.4, -0.2) is 49.4 Å². The number of benzene rings is 2. The fourth-order valence-corrected chi connectivity index (χ4v) is 4.36. The predicted octanol–water partition coefficient (Wildman–Crippen LogP) is 6.22. The first-order valence-electron chi connectivity index (χ1n) is 13.3. The van der Waals surface area contributed by atoms with E-state index in [0.717, 1.165) is 48.3 Å². The third-order valence-electron chi connectivity index (χ3n) is 6.94. The molecule has 0 bridgehead atoms. The Bertz CT molecular complexity index is 1020. The van der Waals surface area contributed by atoms with Crippen molar-refractivity contribution in [1.82, 2.24) is 4.90 Å². The minimum atomic E-state index is -0.805. The molecule has 0 aliphatic heterocycles. The number of hydrogen-bond donors (Lipinski definition) is 2. The van der Waals surface area contributed by atoms with E-state index in [0.29, 0.717) is 38.3 Å². The van der Waals surface area contributed by atoms with Crippen molar-refractivity contribution in [3.05, 3.63) is 53.6 Å². The van der Waals surface area contributed by atoms with Gasteiger partial charge in [0.05, 0.1) is 26.2 Å². The van der Waals surface area contributed by atoms with Crippen LogP contribution in [0.25, 0.3) is 0 Å². The Hall–Kier alpha value is -3.42. The Morgan fingerprint density at radius 1 is 1.00 bits per heavy atom. The molecule has 0 aliphatic rings. The number of primary amides is 1. The summed E-state index contributed by atoms with van der Waals surface area (Å²) in [5, 5.41) is 9.22. The number of nitrogens with two attached hydrogens (primary N) is 1. The van der Waals surface area contributed by atoms with Crippen LogP contribution in [0.15, 0.2) is 42.5 Å². The monoisotopic (exact) mass is 528 g/mol. The predicted molar refractivity (Wildman–Crippen MR) is 149 cm³/mol. The second-order valence-electron chi connectivity index (χ2n) is 10.3. The molecule has 2 aromatic carbocycles. The van der Waals surface area contributed by atoms with E-state index in [9.17, 15) is 14.7 Å². The Morgan fingerprint density at radius 2 is 1.68 bits per heavy atom. The number of unbranched alkanes of at least 4 members (excludes halogenated alkanes) is 1. The molecule has 0 radical (unpaired) electrons. The fourth-order valence-electron chi connectivity index (χ4n) is 4.36. The molecule has 8 nitrogen and oxygen atoms in total. The van der Waals surface area contributed by atoms with Crippen LogP contribution in [0, 0.1) is 5.41 Å². The molecule has 0 aliphatic carbocycles. The molecule has 8 heteroatoms. The molecule has 1 atom stereocenters. The zero-order valence-corrected chi connectivity index (χ0v) is 23.5. The highest BCUT2D eigenvalue weighted by molar-refractivity contribution is 5.73. The number of carboxylic acids is 1. The van der Waals surface area contributed by atoms with E-state index in [4.69, 9.17) is 19.9 Å². The maximum Gasteiger partial charge on any atom is 0.315 e. The largest absolute Gasteiger partial charge is 0.497 e. The fraction of sp³-hybridized carbons (Fsp3) is 0.533. The van der Waals surface area contributed by atoms with E-state index in [1.807, 2.05) is 42.5 Å². The zero-order chi connectivity index (χ0) is 28.1. The quantitative estimate of drug-likeness (QED) is 0.236. The van der Waals surface area contributed by atoms with Crippen molar-refractivity contribution in [3.8, 4) is 17.2 Å². The Labute approximate surface area is 227 Å². The molecule has 0 fully saturated rings. The van der Waals surface area contributed by atoms with E-state index in [-0.39, 0.29) is 5.92 Å². The summed E-state index contributed by atoms with van der Waals surface area (Å²) in [6.07, 6.45) is 5.09. The van der Waals surface area contributed by atoms with Crippen LogP contribution in [0.3, 0.4) is 0 Å². The number of aliphatic carboxylic acids is 1. The third-order valence-corrected chi connectivity index (χ3v) is 6.94. The van der Waals surface area contributed by atoms with Gasteiger partial charge in [0, 0.05) is 19.2 Å². The SMILES string of the molecule is CCCCC(CCN(Cc1ccc(OCCCC(C)(C)C(=O)O)cc1)C(N)=O)c1ccc(OC)cc1OC. The molecule has 210 valence electrons. The summed E-state index contributed by atoms with van der Waals surface area (Å²) in [7, 11) is 3.30. The van der Waals surface area contributed by atoms with E-state index >= 15 is 0 Å². The number of carboxylic acid groups (broad SMARTS) is 1.